The Hall–Kier alpha value is -0.820. The van der Waals surface area contributed by atoms with E-state index in [-0.39, 0.29) is 11.6 Å². The molecule has 0 rings (SSSR count). The summed E-state index contributed by atoms with van der Waals surface area (Å²) in [5, 5.41) is 0. The first-order chi connectivity index (χ1) is 14.6. The molecule has 0 spiro atoms. The molecule has 0 amide bonds. The number of unbranched alkanes of at least 4 members (excludes halogenated alkanes) is 8. The SMILES string of the molecule is CCCCCCCC(=CC(=O)OC(=O)C(Br)C(Br)(CCCCCCC)C(C)=O)C(C)=O. The van der Waals surface area contributed by atoms with Crippen molar-refractivity contribution in [1.82, 2.24) is 0 Å². The average Bonchev–Trinajstić information content (AvgIpc) is 2.71. The molecule has 0 bridgehead atoms. The van der Waals surface area contributed by atoms with Gasteiger partial charge in [0.2, 0.25) is 0 Å². The molecule has 0 saturated carbocycles. The molecule has 0 aromatic rings. The van der Waals surface area contributed by atoms with E-state index in [1.165, 1.54) is 13.8 Å². The van der Waals surface area contributed by atoms with Crippen LogP contribution in [-0.2, 0) is 23.9 Å². The first-order valence-electron chi connectivity index (χ1n) is 11.4. The van der Waals surface area contributed by atoms with E-state index in [4.69, 9.17) is 4.74 Å². The zero-order chi connectivity index (χ0) is 23.9. The first kappa shape index (κ1) is 30.2. The van der Waals surface area contributed by atoms with Gasteiger partial charge in [0, 0.05) is 11.6 Å². The fourth-order valence-electron chi connectivity index (χ4n) is 3.25. The Balaban J connectivity index is 4.95. The summed E-state index contributed by atoms with van der Waals surface area (Å²) in [5.74, 6) is -2.13. The molecule has 0 aliphatic carbocycles. The Morgan fingerprint density at radius 2 is 1.39 bits per heavy atom. The zero-order valence-electron chi connectivity index (χ0n) is 19.4. The molecule has 7 heteroatoms. The number of Topliss-reactive ketones (excluding diaryl/α,β-unsaturated/α-hetero) is 2. The molecule has 0 N–H and O–H groups in total. The van der Waals surface area contributed by atoms with Crippen LogP contribution in [0.4, 0.5) is 0 Å². The highest BCUT2D eigenvalue weighted by Crippen LogP contribution is 2.36. The molecule has 0 aromatic carbocycles. The average molecular weight is 566 g/mol. The molecule has 0 aliphatic rings. The lowest BCUT2D eigenvalue weighted by Gasteiger charge is -2.28. The second-order valence-corrected chi connectivity index (χ2v) is 10.4. The van der Waals surface area contributed by atoms with Crippen LogP contribution in [0.5, 0.6) is 0 Å². The van der Waals surface area contributed by atoms with Crippen LogP contribution in [0.2, 0.25) is 0 Å². The van der Waals surface area contributed by atoms with E-state index in [0.717, 1.165) is 70.3 Å². The van der Waals surface area contributed by atoms with Gasteiger partial charge in [0.15, 0.2) is 5.78 Å². The Labute approximate surface area is 204 Å². The van der Waals surface area contributed by atoms with E-state index < -0.39 is 21.1 Å². The Kier molecular flexibility index (Phi) is 16.3. The minimum atomic E-state index is -1.14. The molecule has 0 fully saturated rings. The summed E-state index contributed by atoms with van der Waals surface area (Å²) < 4.78 is 3.81. The van der Waals surface area contributed by atoms with Gasteiger partial charge in [-0.3, -0.25) is 14.4 Å². The van der Waals surface area contributed by atoms with Crippen molar-refractivity contribution in [3.05, 3.63) is 11.6 Å². The lowest BCUT2D eigenvalue weighted by atomic mass is 9.93. The van der Waals surface area contributed by atoms with Crippen molar-refractivity contribution >= 4 is 55.4 Å². The number of halogens is 2. The van der Waals surface area contributed by atoms with E-state index in [2.05, 4.69) is 45.7 Å². The van der Waals surface area contributed by atoms with Gasteiger partial charge in [-0.2, -0.15) is 0 Å². The fraction of sp³-hybridized carbons (Fsp3) is 0.750. The van der Waals surface area contributed by atoms with Crippen LogP contribution < -0.4 is 0 Å². The van der Waals surface area contributed by atoms with Crippen molar-refractivity contribution < 1.29 is 23.9 Å². The lowest BCUT2D eigenvalue weighted by Crippen LogP contribution is -2.45. The monoisotopic (exact) mass is 564 g/mol. The third-order valence-electron chi connectivity index (χ3n) is 5.33. The molecule has 2 unspecified atom stereocenters. The number of ether oxygens (including phenoxy) is 1. The van der Waals surface area contributed by atoms with Crippen molar-refractivity contribution in [2.75, 3.05) is 0 Å². The molecular weight excluding hydrogens is 528 g/mol. The predicted octanol–water partition coefficient (Wildman–Crippen LogP) is 6.78. The number of carbonyl (C=O) groups excluding carboxylic acids is 4. The highest BCUT2D eigenvalue weighted by molar-refractivity contribution is 9.13. The summed E-state index contributed by atoms with van der Waals surface area (Å²) in [6.07, 6.45) is 12.3. The summed E-state index contributed by atoms with van der Waals surface area (Å²) in [6.45, 7) is 7.07. The smallest absolute Gasteiger partial charge is 0.338 e. The van der Waals surface area contributed by atoms with Crippen LogP contribution in [0.15, 0.2) is 11.6 Å². The number of hydrogen-bond donors (Lipinski definition) is 0. The van der Waals surface area contributed by atoms with Gasteiger partial charge >= 0.3 is 11.9 Å². The van der Waals surface area contributed by atoms with Crippen molar-refractivity contribution in [1.29, 1.82) is 0 Å². The number of carbonyl (C=O) groups is 4. The molecule has 178 valence electrons. The van der Waals surface area contributed by atoms with Crippen LogP contribution in [0.3, 0.4) is 0 Å². The molecular formula is C24H38Br2O5. The molecule has 0 heterocycles. The first-order valence-corrected chi connectivity index (χ1v) is 13.1. The van der Waals surface area contributed by atoms with Crippen LogP contribution in [0.25, 0.3) is 0 Å². The van der Waals surface area contributed by atoms with E-state index in [1.54, 1.807) is 0 Å². The normalized spacial score (nSPS) is 14.6. The molecule has 2 atom stereocenters. The third-order valence-corrected chi connectivity index (χ3v) is 8.52. The van der Waals surface area contributed by atoms with Crippen molar-refractivity contribution in [3.63, 3.8) is 0 Å². The topological polar surface area (TPSA) is 77.5 Å². The number of esters is 2. The predicted molar refractivity (Wildman–Crippen MR) is 132 cm³/mol. The number of rotatable bonds is 17. The minimum absolute atomic E-state index is 0.207. The van der Waals surface area contributed by atoms with Gasteiger partial charge < -0.3 is 4.74 Å². The number of allylic oxidation sites excluding steroid dienone is 1. The second kappa shape index (κ2) is 16.8. The molecule has 31 heavy (non-hydrogen) atoms. The molecule has 0 saturated heterocycles. The third kappa shape index (κ3) is 12.1. The lowest BCUT2D eigenvalue weighted by molar-refractivity contribution is -0.156. The van der Waals surface area contributed by atoms with E-state index in [1.807, 2.05) is 0 Å². The fourth-order valence-corrected chi connectivity index (χ4v) is 4.36. The van der Waals surface area contributed by atoms with Gasteiger partial charge in [-0.1, -0.05) is 103 Å². The molecule has 5 nitrogen and oxygen atoms in total. The summed E-state index contributed by atoms with van der Waals surface area (Å²) in [6, 6.07) is 0. The highest BCUT2D eigenvalue weighted by Gasteiger charge is 2.44. The van der Waals surface area contributed by atoms with Gasteiger partial charge in [-0.25, -0.2) is 4.79 Å². The van der Waals surface area contributed by atoms with Crippen LogP contribution >= 0.6 is 31.9 Å². The van der Waals surface area contributed by atoms with Gasteiger partial charge in [0.05, 0.1) is 0 Å². The zero-order valence-corrected chi connectivity index (χ0v) is 22.6. The molecule has 0 aliphatic heterocycles. The van der Waals surface area contributed by atoms with Crippen molar-refractivity contribution in [3.8, 4) is 0 Å². The Bertz CT molecular complexity index is 629. The van der Waals surface area contributed by atoms with E-state index in [0.29, 0.717) is 18.4 Å². The number of hydrogen-bond acceptors (Lipinski definition) is 5. The second-order valence-electron chi connectivity index (χ2n) is 8.08. The largest absolute Gasteiger partial charge is 0.389 e. The molecule has 0 aromatic heterocycles. The van der Waals surface area contributed by atoms with Crippen molar-refractivity contribution in [2.24, 2.45) is 0 Å². The number of alkyl halides is 2. The minimum Gasteiger partial charge on any atom is -0.389 e. The maximum absolute atomic E-state index is 12.5. The quantitative estimate of drug-likeness (QED) is 0.0638. The van der Waals surface area contributed by atoms with E-state index in [9.17, 15) is 19.2 Å². The van der Waals surface area contributed by atoms with Crippen LogP contribution in [0.1, 0.15) is 105 Å². The number of ketones is 2. The summed E-state index contributed by atoms with van der Waals surface area (Å²) in [4.78, 5) is 47.9. The summed E-state index contributed by atoms with van der Waals surface area (Å²) in [5.41, 5.74) is 0.355. The van der Waals surface area contributed by atoms with E-state index >= 15 is 0 Å². The van der Waals surface area contributed by atoms with Gasteiger partial charge in [0.1, 0.15) is 14.9 Å². The van der Waals surface area contributed by atoms with Crippen LogP contribution in [0, 0.1) is 0 Å². The highest BCUT2D eigenvalue weighted by atomic mass is 79.9. The molecule has 0 radical (unpaired) electrons. The summed E-state index contributed by atoms with van der Waals surface area (Å²) in [7, 11) is 0. The summed E-state index contributed by atoms with van der Waals surface area (Å²) >= 11 is 6.68. The van der Waals surface area contributed by atoms with Crippen LogP contribution in [-0.4, -0.2) is 32.7 Å². The van der Waals surface area contributed by atoms with Crippen molar-refractivity contribution in [2.45, 2.75) is 114 Å². The van der Waals surface area contributed by atoms with Gasteiger partial charge in [0.25, 0.3) is 0 Å². The Morgan fingerprint density at radius 3 is 1.87 bits per heavy atom. The standard InChI is InChI=1S/C24H38Br2O5/c1-5-7-9-11-13-15-20(18(3)27)17-21(29)31-23(30)22(25)24(26,19(4)28)16-14-12-10-8-6-2/h17,22H,5-16H2,1-4H3. The Morgan fingerprint density at radius 1 is 0.871 bits per heavy atom. The van der Waals surface area contributed by atoms with Gasteiger partial charge in [-0.05, 0) is 33.1 Å². The maximum atomic E-state index is 12.5. The maximum Gasteiger partial charge on any atom is 0.338 e. The van der Waals surface area contributed by atoms with Gasteiger partial charge in [-0.15, -0.1) is 0 Å².